The van der Waals surface area contributed by atoms with Gasteiger partial charge in [0.25, 0.3) is 0 Å². The van der Waals surface area contributed by atoms with E-state index in [1.54, 1.807) is 0 Å². The highest BCUT2D eigenvalue weighted by molar-refractivity contribution is 5.09. The molecule has 0 spiro atoms. The molecule has 0 aliphatic heterocycles. The van der Waals surface area contributed by atoms with Gasteiger partial charge >= 0.3 is 0 Å². The predicted octanol–water partition coefficient (Wildman–Crippen LogP) is 5.16. The van der Waals surface area contributed by atoms with Gasteiger partial charge in [0.1, 0.15) is 0 Å². The Kier molecular flexibility index (Phi) is 5.00. The predicted molar refractivity (Wildman–Crippen MR) is 74.8 cm³/mol. The number of hydrogen-bond acceptors (Lipinski definition) is 0. The highest BCUT2D eigenvalue weighted by Crippen LogP contribution is 2.38. The Hall–Kier alpha value is -1.03. The summed E-state index contributed by atoms with van der Waals surface area (Å²) in [6, 6.07) is 0. The van der Waals surface area contributed by atoms with Crippen molar-refractivity contribution in [1.82, 2.24) is 0 Å². The van der Waals surface area contributed by atoms with E-state index in [-0.39, 0.29) is 5.54 Å². The first-order valence-corrected chi connectivity index (χ1v) is 6.66. The summed E-state index contributed by atoms with van der Waals surface area (Å²) in [4.78, 5) is 3.77. The molecule has 94 valence electrons. The second-order valence-electron chi connectivity index (χ2n) is 5.86. The van der Waals surface area contributed by atoms with E-state index in [0.717, 1.165) is 38.5 Å². The fraction of sp³-hybridized carbons (Fsp3) is 0.688. The van der Waals surface area contributed by atoms with Crippen LogP contribution in [0.2, 0.25) is 0 Å². The molecular weight excluding hydrogens is 206 g/mol. The third-order valence-corrected chi connectivity index (χ3v) is 3.93. The van der Waals surface area contributed by atoms with Crippen molar-refractivity contribution in [2.24, 2.45) is 5.92 Å². The minimum Gasteiger partial charge on any atom is -0.311 e. The first-order chi connectivity index (χ1) is 7.97. The second kappa shape index (κ2) is 6.05. The van der Waals surface area contributed by atoms with E-state index < -0.39 is 0 Å². The van der Waals surface area contributed by atoms with Gasteiger partial charge in [0.2, 0.25) is 5.54 Å². The van der Waals surface area contributed by atoms with Gasteiger partial charge in [-0.15, -0.1) is 0 Å². The molecule has 0 heterocycles. The van der Waals surface area contributed by atoms with E-state index in [4.69, 9.17) is 6.57 Å². The Morgan fingerprint density at radius 3 is 2.47 bits per heavy atom. The number of rotatable bonds is 4. The molecule has 0 atom stereocenters. The van der Waals surface area contributed by atoms with Crippen molar-refractivity contribution in [2.75, 3.05) is 0 Å². The third-order valence-electron chi connectivity index (χ3n) is 3.93. The van der Waals surface area contributed by atoms with Crippen LogP contribution in [0.1, 0.15) is 59.3 Å². The molecule has 0 amide bonds. The maximum absolute atomic E-state index is 7.22. The van der Waals surface area contributed by atoms with E-state index in [9.17, 15) is 0 Å². The maximum atomic E-state index is 7.22. The van der Waals surface area contributed by atoms with Gasteiger partial charge in [0.05, 0.1) is 0 Å². The molecule has 1 aliphatic carbocycles. The van der Waals surface area contributed by atoms with E-state index in [0.29, 0.717) is 5.92 Å². The summed E-state index contributed by atoms with van der Waals surface area (Å²) >= 11 is 0. The van der Waals surface area contributed by atoms with Crippen LogP contribution in [0.4, 0.5) is 0 Å². The number of nitrogens with zero attached hydrogens (tertiary/aromatic N) is 1. The van der Waals surface area contributed by atoms with E-state index in [1.807, 2.05) is 0 Å². The Morgan fingerprint density at radius 1 is 1.41 bits per heavy atom. The van der Waals surface area contributed by atoms with Crippen molar-refractivity contribution in [1.29, 1.82) is 0 Å². The lowest BCUT2D eigenvalue weighted by Gasteiger charge is -2.29. The van der Waals surface area contributed by atoms with Gasteiger partial charge in [-0.25, -0.2) is 6.57 Å². The Balaban J connectivity index is 2.37. The van der Waals surface area contributed by atoms with Crippen LogP contribution in [-0.4, -0.2) is 5.54 Å². The summed E-state index contributed by atoms with van der Waals surface area (Å²) in [5.74, 6) is 0.662. The van der Waals surface area contributed by atoms with Gasteiger partial charge in [-0.2, -0.15) is 0 Å². The molecule has 0 saturated heterocycles. The quantitative estimate of drug-likeness (QED) is 0.465. The van der Waals surface area contributed by atoms with Crippen LogP contribution >= 0.6 is 0 Å². The Bertz CT molecular complexity index is 331. The molecule has 17 heavy (non-hydrogen) atoms. The normalized spacial score (nSPS) is 28.2. The summed E-state index contributed by atoms with van der Waals surface area (Å²) in [5.41, 5.74) is 2.70. The monoisotopic (exact) mass is 231 g/mol. The minimum atomic E-state index is -0.0866. The summed E-state index contributed by atoms with van der Waals surface area (Å²) in [6.07, 6.45) is 8.93. The van der Waals surface area contributed by atoms with Gasteiger partial charge in [-0.1, -0.05) is 23.8 Å². The van der Waals surface area contributed by atoms with E-state index in [1.165, 1.54) is 11.1 Å². The smallest absolute Gasteiger partial charge is 0.230 e. The molecule has 0 N–H and O–H groups in total. The SMILES string of the molecule is [C-]#[N+]C1(C)CCC(C(=C)CCC=C(C)C)CC1. The van der Waals surface area contributed by atoms with Crippen LogP contribution in [0.15, 0.2) is 23.8 Å². The van der Waals surface area contributed by atoms with Crippen molar-refractivity contribution in [3.05, 3.63) is 35.2 Å². The molecule has 1 saturated carbocycles. The van der Waals surface area contributed by atoms with Gasteiger partial charge in [0.15, 0.2) is 0 Å². The molecule has 0 radical (unpaired) electrons. The van der Waals surface area contributed by atoms with Crippen molar-refractivity contribution in [3.63, 3.8) is 0 Å². The fourth-order valence-electron chi connectivity index (χ4n) is 2.51. The van der Waals surface area contributed by atoms with Crippen LogP contribution in [0.3, 0.4) is 0 Å². The summed E-state index contributed by atoms with van der Waals surface area (Å²) < 4.78 is 0. The average molecular weight is 231 g/mol. The molecule has 0 unspecified atom stereocenters. The van der Waals surface area contributed by atoms with Gasteiger partial charge in [-0.05, 0) is 45.4 Å². The van der Waals surface area contributed by atoms with Crippen molar-refractivity contribution >= 4 is 0 Å². The zero-order chi connectivity index (χ0) is 12.9. The van der Waals surface area contributed by atoms with Crippen LogP contribution in [0.25, 0.3) is 4.85 Å². The zero-order valence-corrected chi connectivity index (χ0v) is 11.6. The second-order valence-corrected chi connectivity index (χ2v) is 5.86. The molecule has 1 nitrogen and oxygen atoms in total. The van der Waals surface area contributed by atoms with Gasteiger partial charge in [0, 0.05) is 19.8 Å². The standard InChI is InChI=1S/C16H25N/c1-13(2)7-6-8-14(3)15-9-11-16(4,17-5)12-10-15/h7,15H,3,6,8-12H2,1-2,4H3. The molecule has 0 aromatic rings. The van der Waals surface area contributed by atoms with Crippen molar-refractivity contribution in [2.45, 2.75) is 64.8 Å². The topological polar surface area (TPSA) is 4.36 Å². The lowest BCUT2D eigenvalue weighted by molar-refractivity contribution is 0.308. The van der Waals surface area contributed by atoms with Crippen LogP contribution in [0, 0.1) is 12.5 Å². The van der Waals surface area contributed by atoms with Crippen LogP contribution < -0.4 is 0 Å². The first-order valence-electron chi connectivity index (χ1n) is 6.66. The highest BCUT2D eigenvalue weighted by Gasteiger charge is 2.36. The van der Waals surface area contributed by atoms with Crippen molar-refractivity contribution < 1.29 is 0 Å². The summed E-state index contributed by atoms with van der Waals surface area (Å²) in [7, 11) is 0. The fourth-order valence-corrected chi connectivity index (χ4v) is 2.51. The summed E-state index contributed by atoms with van der Waals surface area (Å²) in [5, 5.41) is 0. The molecule has 1 heteroatoms. The molecular formula is C16H25N. The highest BCUT2D eigenvalue weighted by atomic mass is 14.8. The average Bonchev–Trinajstić information content (AvgIpc) is 2.29. The number of hydrogen-bond donors (Lipinski definition) is 0. The lowest BCUT2D eigenvalue weighted by Crippen LogP contribution is -2.27. The Labute approximate surface area is 106 Å². The number of allylic oxidation sites excluding steroid dienone is 3. The third kappa shape index (κ3) is 4.38. The van der Waals surface area contributed by atoms with Gasteiger partial charge < -0.3 is 4.85 Å². The van der Waals surface area contributed by atoms with Gasteiger partial charge in [-0.3, -0.25) is 0 Å². The molecule has 1 rings (SSSR count). The summed E-state index contributed by atoms with van der Waals surface area (Å²) in [6.45, 7) is 17.8. The minimum absolute atomic E-state index is 0.0866. The molecule has 0 aromatic carbocycles. The molecule has 0 aromatic heterocycles. The largest absolute Gasteiger partial charge is 0.311 e. The van der Waals surface area contributed by atoms with E-state index >= 15 is 0 Å². The zero-order valence-electron chi connectivity index (χ0n) is 11.6. The van der Waals surface area contributed by atoms with Crippen molar-refractivity contribution in [3.8, 4) is 0 Å². The molecule has 1 aliphatic rings. The van der Waals surface area contributed by atoms with Crippen LogP contribution in [0.5, 0.6) is 0 Å². The maximum Gasteiger partial charge on any atom is 0.230 e. The molecule has 0 bridgehead atoms. The lowest BCUT2D eigenvalue weighted by atomic mass is 9.75. The van der Waals surface area contributed by atoms with E-state index in [2.05, 4.69) is 38.3 Å². The molecule has 1 fully saturated rings. The van der Waals surface area contributed by atoms with Crippen LogP contribution in [-0.2, 0) is 0 Å². The first kappa shape index (κ1) is 14.0. The Morgan fingerprint density at radius 2 is 2.00 bits per heavy atom.